The standard InChI is InChI=1S/C14H23N5O4S/c1-3-4-19-13(22)15-16-14(19)24-10-12(21)17(2)9-11(20)18-5-7-23-8-6-18/h3-10H2,1-2H3,(H,15,22). The Bertz CT molecular complexity index is 623. The summed E-state index contributed by atoms with van der Waals surface area (Å²) in [7, 11) is 1.60. The maximum absolute atomic E-state index is 12.2. The molecule has 0 radical (unpaired) electrons. The topological polar surface area (TPSA) is 101 Å². The lowest BCUT2D eigenvalue weighted by molar-refractivity contribution is -0.140. The van der Waals surface area contributed by atoms with E-state index in [1.165, 1.54) is 21.2 Å². The van der Waals surface area contributed by atoms with Crippen LogP contribution in [0, 0.1) is 0 Å². The number of rotatable bonds is 7. The van der Waals surface area contributed by atoms with Crippen molar-refractivity contribution < 1.29 is 14.3 Å². The van der Waals surface area contributed by atoms with Crippen LogP contribution in [0.25, 0.3) is 0 Å². The van der Waals surface area contributed by atoms with Crippen LogP contribution in [0.5, 0.6) is 0 Å². The highest BCUT2D eigenvalue weighted by atomic mass is 32.2. The van der Waals surface area contributed by atoms with Crippen LogP contribution in [0.3, 0.4) is 0 Å². The highest BCUT2D eigenvalue weighted by Gasteiger charge is 2.21. The van der Waals surface area contributed by atoms with Crippen LogP contribution >= 0.6 is 11.8 Å². The maximum atomic E-state index is 12.2. The van der Waals surface area contributed by atoms with Crippen molar-refractivity contribution in [1.82, 2.24) is 24.6 Å². The van der Waals surface area contributed by atoms with Gasteiger partial charge in [-0.15, -0.1) is 5.10 Å². The van der Waals surface area contributed by atoms with E-state index in [0.717, 1.165) is 6.42 Å². The number of thioether (sulfide) groups is 1. The molecule has 9 nitrogen and oxygen atoms in total. The van der Waals surface area contributed by atoms with E-state index in [0.29, 0.717) is 38.0 Å². The van der Waals surface area contributed by atoms with Gasteiger partial charge in [-0.25, -0.2) is 9.89 Å². The Hall–Kier alpha value is -1.81. The van der Waals surface area contributed by atoms with Crippen LogP contribution in [-0.4, -0.2) is 82.0 Å². The average Bonchev–Trinajstić information content (AvgIpc) is 2.94. The predicted octanol–water partition coefficient (Wildman–Crippen LogP) is -0.609. The fraction of sp³-hybridized carbons (Fsp3) is 0.714. The van der Waals surface area contributed by atoms with E-state index >= 15 is 0 Å². The van der Waals surface area contributed by atoms with Crippen molar-refractivity contribution in [3.8, 4) is 0 Å². The summed E-state index contributed by atoms with van der Waals surface area (Å²) in [6.07, 6.45) is 0.800. The Labute approximate surface area is 144 Å². The molecule has 2 heterocycles. The van der Waals surface area contributed by atoms with Gasteiger partial charge in [-0.2, -0.15) is 0 Å². The van der Waals surface area contributed by atoms with Crippen molar-refractivity contribution in [3.05, 3.63) is 10.5 Å². The third-order valence-corrected chi connectivity index (χ3v) is 4.62. The van der Waals surface area contributed by atoms with Gasteiger partial charge in [0.15, 0.2) is 5.16 Å². The molecule has 2 amide bonds. The summed E-state index contributed by atoms with van der Waals surface area (Å²) in [6.45, 7) is 4.75. The number of carbonyl (C=O) groups excluding carboxylic acids is 2. The molecule has 134 valence electrons. The first-order valence-electron chi connectivity index (χ1n) is 7.90. The first-order valence-corrected chi connectivity index (χ1v) is 8.89. The molecule has 0 unspecified atom stereocenters. The lowest BCUT2D eigenvalue weighted by atomic mass is 10.4. The molecule has 0 atom stereocenters. The molecule has 2 rings (SSSR count). The van der Waals surface area contributed by atoms with E-state index < -0.39 is 0 Å². The second kappa shape index (κ2) is 8.88. The quantitative estimate of drug-likeness (QED) is 0.654. The Morgan fingerprint density at radius 3 is 2.75 bits per heavy atom. The largest absolute Gasteiger partial charge is 0.378 e. The van der Waals surface area contributed by atoms with Gasteiger partial charge in [0.05, 0.1) is 25.5 Å². The number of hydrogen-bond acceptors (Lipinski definition) is 6. The molecule has 1 aromatic rings. The number of carbonyl (C=O) groups is 2. The minimum atomic E-state index is -0.275. The van der Waals surface area contributed by atoms with Crippen LogP contribution in [0.1, 0.15) is 13.3 Å². The molecule has 0 saturated carbocycles. The molecule has 24 heavy (non-hydrogen) atoms. The van der Waals surface area contributed by atoms with E-state index in [9.17, 15) is 14.4 Å². The molecule has 0 spiro atoms. The molecular formula is C14H23N5O4S. The summed E-state index contributed by atoms with van der Waals surface area (Å²) in [5, 5.41) is 6.81. The Morgan fingerprint density at radius 1 is 1.38 bits per heavy atom. The third-order valence-electron chi connectivity index (χ3n) is 3.66. The normalized spacial score (nSPS) is 14.7. The number of nitrogens with zero attached hydrogens (tertiary/aromatic N) is 4. The lowest BCUT2D eigenvalue weighted by Crippen LogP contribution is -2.46. The lowest BCUT2D eigenvalue weighted by Gasteiger charge is -2.28. The monoisotopic (exact) mass is 357 g/mol. The van der Waals surface area contributed by atoms with Crippen molar-refractivity contribution in [2.24, 2.45) is 0 Å². The zero-order valence-electron chi connectivity index (χ0n) is 14.0. The van der Waals surface area contributed by atoms with E-state index in [1.54, 1.807) is 11.9 Å². The number of likely N-dealkylation sites (N-methyl/N-ethyl adjacent to an activating group) is 1. The molecule has 0 aromatic carbocycles. The van der Waals surface area contributed by atoms with Crippen LogP contribution in [0.4, 0.5) is 0 Å². The van der Waals surface area contributed by atoms with Gasteiger partial charge in [-0.3, -0.25) is 14.2 Å². The van der Waals surface area contributed by atoms with Crippen LogP contribution in [-0.2, 0) is 20.9 Å². The third kappa shape index (κ3) is 4.84. The predicted molar refractivity (Wildman–Crippen MR) is 88.9 cm³/mol. The second-order valence-electron chi connectivity index (χ2n) is 5.49. The summed E-state index contributed by atoms with van der Waals surface area (Å²) in [4.78, 5) is 39.0. The fourth-order valence-electron chi connectivity index (χ4n) is 2.27. The Kier molecular flexibility index (Phi) is 6.85. The highest BCUT2D eigenvalue weighted by Crippen LogP contribution is 2.14. The van der Waals surface area contributed by atoms with Gasteiger partial charge in [0, 0.05) is 26.7 Å². The molecule has 0 bridgehead atoms. The molecule has 1 N–H and O–H groups in total. The average molecular weight is 357 g/mol. The number of amides is 2. The summed E-state index contributed by atoms with van der Waals surface area (Å²) in [5.41, 5.74) is -0.275. The van der Waals surface area contributed by atoms with Gasteiger partial charge < -0.3 is 14.5 Å². The summed E-state index contributed by atoms with van der Waals surface area (Å²) < 4.78 is 6.72. The highest BCUT2D eigenvalue weighted by molar-refractivity contribution is 7.99. The SMILES string of the molecule is CCCn1c(SCC(=O)N(C)CC(=O)N2CCOCC2)n[nH]c1=O. The number of H-pyrrole nitrogens is 1. The number of ether oxygens (including phenoxy) is 1. The van der Waals surface area contributed by atoms with E-state index in [2.05, 4.69) is 10.2 Å². The molecule has 1 aromatic heterocycles. The van der Waals surface area contributed by atoms with Gasteiger partial charge in [-0.05, 0) is 6.42 Å². The summed E-state index contributed by atoms with van der Waals surface area (Å²) in [5.74, 6) is -0.136. The number of hydrogen-bond donors (Lipinski definition) is 1. The number of aromatic amines is 1. The van der Waals surface area contributed by atoms with Crippen molar-refractivity contribution >= 4 is 23.6 Å². The summed E-state index contributed by atoms with van der Waals surface area (Å²) >= 11 is 1.19. The van der Waals surface area contributed by atoms with E-state index in [1.807, 2.05) is 6.92 Å². The minimum Gasteiger partial charge on any atom is -0.378 e. The van der Waals surface area contributed by atoms with Crippen molar-refractivity contribution in [2.45, 2.75) is 25.0 Å². The second-order valence-corrected chi connectivity index (χ2v) is 6.44. The van der Waals surface area contributed by atoms with Gasteiger partial charge in [0.1, 0.15) is 0 Å². The first kappa shape index (κ1) is 18.5. The fourth-order valence-corrected chi connectivity index (χ4v) is 3.19. The zero-order valence-corrected chi connectivity index (χ0v) is 14.8. The van der Waals surface area contributed by atoms with Gasteiger partial charge in [0.2, 0.25) is 11.8 Å². The molecule has 1 fully saturated rings. The molecule has 1 saturated heterocycles. The smallest absolute Gasteiger partial charge is 0.343 e. The van der Waals surface area contributed by atoms with Crippen molar-refractivity contribution in [1.29, 1.82) is 0 Å². The van der Waals surface area contributed by atoms with E-state index in [4.69, 9.17) is 4.74 Å². The van der Waals surface area contributed by atoms with Gasteiger partial charge in [0.25, 0.3) is 0 Å². The minimum absolute atomic E-state index is 0.0434. The molecule has 1 aliphatic rings. The molecular weight excluding hydrogens is 334 g/mol. The zero-order chi connectivity index (χ0) is 17.5. The van der Waals surface area contributed by atoms with Gasteiger partial charge >= 0.3 is 5.69 Å². The van der Waals surface area contributed by atoms with Crippen molar-refractivity contribution in [2.75, 3.05) is 45.6 Å². The van der Waals surface area contributed by atoms with Crippen LogP contribution in [0.15, 0.2) is 9.95 Å². The van der Waals surface area contributed by atoms with E-state index in [-0.39, 0.29) is 29.8 Å². The first-order chi connectivity index (χ1) is 11.5. The number of morpholine rings is 1. The van der Waals surface area contributed by atoms with Crippen LogP contribution in [0.2, 0.25) is 0 Å². The number of aromatic nitrogens is 3. The maximum Gasteiger partial charge on any atom is 0.343 e. The van der Waals surface area contributed by atoms with Crippen LogP contribution < -0.4 is 5.69 Å². The Morgan fingerprint density at radius 2 is 2.08 bits per heavy atom. The Balaban J connectivity index is 1.83. The van der Waals surface area contributed by atoms with Crippen molar-refractivity contribution in [3.63, 3.8) is 0 Å². The summed E-state index contributed by atoms with van der Waals surface area (Å²) in [6, 6.07) is 0. The van der Waals surface area contributed by atoms with Gasteiger partial charge in [-0.1, -0.05) is 18.7 Å². The molecule has 0 aliphatic carbocycles. The molecule has 1 aliphatic heterocycles. The molecule has 10 heteroatoms. The number of nitrogens with one attached hydrogen (secondary N) is 1.